The Balaban J connectivity index is 0.000000290. The van der Waals surface area contributed by atoms with E-state index in [4.69, 9.17) is 33.5 Å². The molecular weight excluding hydrogens is 839 g/mol. The van der Waals surface area contributed by atoms with Crippen molar-refractivity contribution in [2.75, 3.05) is 0 Å². The van der Waals surface area contributed by atoms with Crippen LogP contribution < -0.4 is 30.7 Å². The van der Waals surface area contributed by atoms with Crippen molar-refractivity contribution in [3.8, 4) is 34.6 Å². The molecule has 0 aliphatic rings. The van der Waals surface area contributed by atoms with E-state index in [-0.39, 0.29) is 74.1 Å². The van der Waals surface area contributed by atoms with Crippen molar-refractivity contribution < 1.29 is 56.0 Å². The van der Waals surface area contributed by atoms with Crippen LogP contribution in [0.3, 0.4) is 0 Å². The summed E-state index contributed by atoms with van der Waals surface area (Å²) in [6.07, 6.45) is 0. The van der Waals surface area contributed by atoms with Gasteiger partial charge in [0.05, 0.1) is 43.9 Å². The minimum absolute atomic E-state index is 0. The number of azo groups is 2. The summed E-state index contributed by atoms with van der Waals surface area (Å²) >= 11 is 11.6. The van der Waals surface area contributed by atoms with Gasteiger partial charge >= 0.3 is 18.8 Å². The molecule has 2 heterocycles. The molecule has 4 aromatic carbocycles. The number of benzene rings is 4. The summed E-state index contributed by atoms with van der Waals surface area (Å²) in [4.78, 5) is -0.323. The van der Waals surface area contributed by atoms with Crippen LogP contribution in [0.2, 0.25) is 10.0 Å². The van der Waals surface area contributed by atoms with Crippen molar-refractivity contribution in [2.45, 2.75) is 23.6 Å². The summed E-state index contributed by atoms with van der Waals surface area (Å²) in [5.41, 5.74) is 0.673. The molecule has 0 atom stereocenters. The first-order valence-electron chi connectivity index (χ1n) is 14.9. The van der Waals surface area contributed by atoms with Crippen molar-refractivity contribution in [1.29, 1.82) is 0 Å². The summed E-state index contributed by atoms with van der Waals surface area (Å²) in [6, 6.07) is 18.9. The molecule has 4 N–H and O–H groups in total. The van der Waals surface area contributed by atoms with E-state index < -0.39 is 43.3 Å². The summed E-state index contributed by atoms with van der Waals surface area (Å²) in [5.74, 6) is -2.06. The van der Waals surface area contributed by atoms with Gasteiger partial charge in [0.15, 0.2) is 0 Å². The molecule has 18 nitrogen and oxygen atoms in total. The first kappa shape index (κ1) is 42.4. The van der Waals surface area contributed by atoms with E-state index in [0.29, 0.717) is 10.0 Å². The minimum atomic E-state index is -3.94. The number of nitrogens with two attached hydrogens (primary N) is 2. The van der Waals surface area contributed by atoms with Crippen LogP contribution in [0.15, 0.2) is 115 Å². The predicted molar refractivity (Wildman–Crippen MR) is 190 cm³/mol. The normalized spacial score (nSPS) is 11.7. The average Bonchev–Trinajstić information content (AvgIpc) is 3.57. The molecule has 1 radical (unpaired) electrons. The van der Waals surface area contributed by atoms with Gasteiger partial charge < -0.3 is 20.4 Å². The molecule has 23 heteroatoms. The number of rotatable bonds is 8. The Morgan fingerprint density at radius 3 is 1.31 bits per heavy atom. The predicted octanol–water partition coefficient (Wildman–Crippen LogP) is 4.20. The number of nitrogens with zero attached hydrogens (tertiary/aromatic N) is 8. The maximum Gasteiger partial charge on any atom is 3.00 e. The average molecular weight is 865 g/mol. The van der Waals surface area contributed by atoms with Crippen LogP contribution in [0.25, 0.3) is 11.4 Å². The molecule has 55 heavy (non-hydrogen) atoms. The molecule has 0 aliphatic carbocycles. The van der Waals surface area contributed by atoms with Gasteiger partial charge in [-0.25, -0.2) is 36.5 Å². The van der Waals surface area contributed by atoms with Crippen molar-refractivity contribution in [3.63, 3.8) is 0 Å². The second-order valence-corrected chi connectivity index (χ2v) is 15.0. The Kier molecular flexibility index (Phi) is 13.1. The molecule has 2 aromatic heterocycles. The molecule has 0 fully saturated rings. The third-order valence-corrected chi connectivity index (χ3v) is 9.41. The summed E-state index contributed by atoms with van der Waals surface area (Å²) < 4.78 is 47.9. The Hall–Kier alpha value is -5.37. The van der Waals surface area contributed by atoms with E-state index in [1.807, 2.05) is 0 Å². The molecule has 0 bridgehead atoms. The van der Waals surface area contributed by atoms with Gasteiger partial charge in [0, 0.05) is 21.8 Å². The molecular formula is C32H25Cl2CrN10O8S2. The zero-order chi connectivity index (χ0) is 39.5. The molecule has 0 saturated heterocycles. The zero-order valence-electron chi connectivity index (χ0n) is 29.1. The smallest absolute Gasteiger partial charge is 0.871 e. The van der Waals surface area contributed by atoms with Gasteiger partial charge in [-0.1, -0.05) is 59.0 Å². The third-order valence-electron chi connectivity index (χ3n) is 7.11. The maximum absolute atomic E-state index is 12.6. The zero-order valence-corrected chi connectivity index (χ0v) is 32.5. The summed E-state index contributed by atoms with van der Waals surface area (Å²) in [5, 5.41) is 82.8. The third kappa shape index (κ3) is 10.0. The number of primary sulfonamides is 2. The number of aryl methyl sites for hydroxylation is 2. The molecule has 6 rings (SSSR count). The number of aromatic nitrogens is 4. The SMILES string of the molecule is Cc1nn(-c2cccc(S(N)(=O)=O)c2)c([O-])c1N=Nc1cc(Cl)ccc1[O-].Cc1nn(-c2cccc(S(N)(=O)=O)c2)c([O-])c1N=Nc1cc(Cl)ccc1[O-].[Cr+3].[H+]. The van der Waals surface area contributed by atoms with E-state index in [1.165, 1.54) is 98.8 Å². The maximum atomic E-state index is 12.6. The molecule has 0 amide bonds. The molecule has 283 valence electrons. The molecule has 0 saturated carbocycles. The van der Waals surface area contributed by atoms with E-state index >= 15 is 0 Å². The van der Waals surface area contributed by atoms with Gasteiger partial charge in [-0.2, -0.15) is 20.4 Å². The van der Waals surface area contributed by atoms with Crippen LogP contribution in [0.4, 0.5) is 22.7 Å². The van der Waals surface area contributed by atoms with Crippen LogP contribution in [0.1, 0.15) is 12.8 Å². The fourth-order valence-corrected chi connectivity index (χ4v) is 5.94. The van der Waals surface area contributed by atoms with Gasteiger partial charge in [-0.15, -0.1) is 10.2 Å². The Labute approximate surface area is 335 Å². The topological polar surface area (TPSA) is 298 Å². The van der Waals surface area contributed by atoms with E-state index in [0.717, 1.165) is 9.36 Å². The Bertz CT molecular complexity index is 2510. The van der Waals surface area contributed by atoms with Gasteiger partial charge in [-0.05, 0) is 74.5 Å². The fourth-order valence-electron chi connectivity index (χ4n) is 4.51. The fraction of sp³-hybridized carbons (Fsp3) is 0.0625. The standard InChI is InChI=1S/2C16H14ClN5O4S.Cr/c2*1-9-15(20-19-13-7-10(17)5-6-14(13)23)16(24)22(21-9)11-3-2-4-12(8-11)27(18,25)26;/h2*2-8,23-24H,1H3,(H2,18,25,26);/q;;+3/p-3. The van der Waals surface area contributed by atoms with Crippen LogP contribution in [-0.4, -0.2) is 36.4 Å². The minimum Gasteiger partial charge on any atom is -0.871 e. The van der Waals surface area contributed by atoms with Crippen LogP contribution in [0.5, 0.6) is 23.3 Å². The second-order valence-electron chi connectivity index (χ2n) is 11.0. The van der Waals surface area contributed by atoms with Crippen molar-refractivity contribution in [1.82, 2.24) is 19.6 Å². The van der Waals surface area contributed by atoms with Gasteiger partial charge in [-0.3, -0.25) is 0 Å². The number of sulfonamides is 2. The summed E-state index contributed by atoms with van der Waals surface area (Å²) in [7, 11) is -7.87. The molecule has 0 spiro atoms. The van der Waals surface area contributed by atoms with Gasteiger partial charge in [0.25, 0.3) is 0 Å². The number of hydrogen-bond donors (Lipinski definition) is 2. The molecule has 0 aliphatic heterocycles. The van der Waals surface area contributed by atoms with Gasteiger partial charge in [0.1, 0.15) is 11.4 Å². The van der Waals surface area contributed by atoms with Crippen molar-refractivity contribution in [2.24, 2.45) is 30.7 Å². The quantitative estimate of drug-likeness (QED) is 0.206. The second kappa shape index (κ2) is 17.0. The van der Waals surface area contributed by atoms with Crippen LogP contribution >= 0.6 is 23.2 Å². The first-order chi connectivity index (χ1) is 25.3. The Morgan fingerprint density at radius 2 is 0.964 bits per heavy atom. The number of hydrogen-bond acceptors (Lipinski definition) is 14. The monoisotopic (exact) mass is 863 g/mol. The molecule has 6 aromatic rings. The summed E-state index contributed by atoms with van der Waals surface area (Å²) in [6.45, 7) is 3.07. The number of halogens is 2. The largest absolute Gasteiger partial charge is 3.00 e. The van der Waals surface area contributed by atoms with Gasteiger partial charge in [0.2, 0.25) is 20.0 Å². The van der Waals surface area contributed by atoms with E-state index in [2.05, 4.69) is 30.7 Å². The van der Waals surface area contributed by atoms with E-state index in [1.54, 1.807) is 0 Å². The van der Waals surface area contributed by atoms with Crippen LogP contribution in [0, 0.1) is 13.8 Å². The van der Waals surface area contributed by atoms with Crippen molar-refractivity contribution in [3.05, 3.63) is 106 Å². The first-order valence-corrected chi connectivity index (χ1v) is 18.7. The Morgan fingerprint density at radius 1 is 0.600 bits per heavy atom. The van der Waals surface area contributed by atoms with E-state index in [9.17, 15) is 37.3 Å². The molecule has 0 unspecified atom stereocenters. The van der Waals surface area contributed by atoms with Crippen molar-refractivity contribution >= 4 is 66.0 Å². The van der Waals surface area contributed by atoms with Crippen LogP contribution in [-0.2, 0) is 37.4 Å².